The molecule has 0 bridgehead atoms. The smallest absolute Gasteiger partial charge is 0.243 e. The van der Waals surface area contributed by atoms with Gasteiger partial charge >= 0.3 is 0 Å². The van der Waals surface area contributed by atoms with Crippen LogP contribution in [0.3, 0.4) is 0 Å². The average Bonchev–Trinajstić information content (AvgIpc) is 2.46. The fourth-order valence-electron chi connectivity index (χ4n) is 1.64. The van der Waals surface area contributed by atoms with Gasteiger partial charge in [0.05, 0.1) is 19.2 Å². The van der Waals surface area contributed by atoms with Crippen LogP contribution in [-0.2, 0) is 20.9 Å². The van der Waals surface area contributed by atoms with E-state index < -0.39 is 6.04 Å². The highest BCUT2D eigenvalue weighted by Gasteiger charge is 2.17. The van der Waals surface area contributed by atoms with Gasteiger partial charge in [-0.15, -0.1) is 0 Å². The second kappa shape index (κ2) is 8.39. The molecule has 6 nitrogen and oxygen atoms in total. The summed E-state index contributed by atoms with van der Waals surface area (Å²) >= 11 is 0. The van der Waals surface area contributed by atoms with Gasteiger partial charge in [0, 0.05) is 12.8 Å². The first kappa shape index (κ1) is 17.1. The first-order valence-electron chi connectivity index (χ1n) is 6.85. The van der Waals surface area contributed by atoms with Crippen molar-refractivity contribution in [3.8, 4) is 0 Å². The Balaban J connectivity index is 2.41. The number of amides is 2. The van der Waals surface area contributed by atoms with Crippen molar-refractivity contribution in [1.82, 2.24) is 5.32 Å². The van der Waals surface area contributed by atoms with Crippen LogP contribution in [0.4, 0.5) is 5.69 Å². The van der Waals surface area contributed by atoms with E-state index in [1.165, 1.54) is 0 Å². The number of anilines is 1. The fourth-order valence-corrected chi connectivity index (χ4v) is 1.64. The molecule has 0 aliphatic carbocycles. The van der Waals surface area contributed by atoms with Gasteiger partial charge in [-0.3, -0.25) is 9.59 Å². The molecule has 0 aromatic heterocycles. The molecule has 116 valence electrons. The van der Waals surface area contributed by atoms with Gasteiger partial charge in [-0.25, -0.2) is 0 Å². The largest absolute Gasteiger partial charge is 0.380 e. The molecule has 0 heterocycles. The summed E-state index contributed by atoms with van der Waals surface area (Å²) in [5, 5.41) is 5.22. The van der Waals surface area contributed by atoms with Crippen LogP contribution in [-0.4, -0.2) is 31.5 Å². The number of methoxy groups -OCH3 is 1. The van der Waals surface area contributed by atoms with Gasteiger partial charge in [0.2, 0.25) is 11.8 Å². The van der Waals surface area contributed by atoms with Crippen molar-refractivity contribution in [1.29, 1.82) is 0 Å². The van der Waals surface area contributed by atoms with Crippen molar-refractivity contribution >= 4 is 17.5 Å². The lowest BCUT2D eigenvalue weighted by molar-refractivity contribution is -0.125. The Morgan fingerprint density at radius 3 is 2.38 bits per heavy atom. The molecule has 21 heavy (non-hydrogen) atoms. The summed E-state index contributed by atoms with van der Waals surface area (Å²) in [7, 11) is 1.63. The average molecular weight is 293 g/mol. The van der Waals surface area contributed by atoms with Gasteiger partial charge < -0.3 is 21.1 Å². The summed E-state index contributed by atoms with van der Waals surface area (Å²) in [5.41, 5.74) is 7.38. The summed E-state index contributed by atoms with van der Waals surface area (Å²) in [5.74, 6) is -0.587. The Labute approximate surface area is 125 Å². The van der Waals surface area contributed by atoms with Crippen LogP contribution in [0.2, 0.25) is 0 Å². The number of rotatable bonds is 7. The molecule has 6 heteroatoms. The number of ether oxygens (including phenoxy) is 1. The molecule has 0 aliphatic heterocycles. The lowest BCUT2D eigenvalue weighted by Gasteiger charge is -2.15. The van der Waals surface area contributed by atoms with Gasteiger partial charge in [0.25, 0.3) is 0 Å². The number of carbonyl (C=O) groups is 2. The lowest BCUT2D eigenvalue weighted by Crippen LogP contribution is -2.46. The van der Waals surface area contributed by atoms with Crippen LogP contribution in [0.25, 0.3) is 0 Å². The number of nitrogens with one attached hydrogen (secondary N) is 2. The molecule has 0 aliphatic rings. The zero-order valence-electron chi connectivity index (χ0n) is 12.7. The first-order valence-corrected chi connectivity index (χ1v) is 6.85. The Morgan fingerprint density at radius 1 is 1.24 bits per heavy atom. The molecule has 0 saturated carbocycles. The van der Waals surface area contributed by atoms with E-state index in [2.05, 4.69) is 10.6 Å². The molecular weight excluding hydrogens is 270 g/mol. The van der Waals surface area contributed by atoms with Crippen LogP contribution < -0.4 is 16.4 Å². The van der Waals surface area contributed by atoms with E-state index in [4.69, 9.17) is 10.5 Å². The number of carbonyl (C=O) groups excluding carboxylic acids is 2. The maximum atomic E-state index is 11.7. The van der Waals surface area contributed by atoms with Gasteiger partial charge in [0.15, 0.2) is 0 Å². The zero-order chi connectivity index (χ0) is 15.8. The molecule has 0 radical (unpaired) electrons. The molecule has 0 spiro atoms. The normalized spacial score (nSPS) is 12.0. The van der Waals surface area contributed by atoms with Crippen LogP contribution in [0.1, 0.15) is 19.4 Å². The quantitative estimate of drug-likeness (QED) is 0.695. The van der Waals surface area contributed by atoms with Gasteiger partial charge in [0.1, 0.15) is 0 Å². The maximum absolute atomic E-state index is 11.7. The standard InChI is InChI=1S/C15H23N3O3/c1-10(2)14(16)15(20)17-8-13(19)18-12-6-4-11(5-7-12)9-21-3/h4-7,10,14H,8-9,16H2,1-3H3,(H,17,20)(H,18,19)/t14-/m0/s1. The van der Waals surface area contributed by atoms with Gasteiger partial charge in [-0.1, -0.05) is 26.0 Å². The van der Waals surface area contributed by atoms with Gasteiger partial charge in [-0.05, 0) is 23.6 Å². The molecule has 2 amide bonds. The van der Waals surface area contributed by atoms with Crippen LogP contribution in [0.5, 0.6) is 0 Å². The Morgan fingerprint density at radius 2 is 1.86 bits per heavy atom. The molecule has 0 saturated heterocycles. The molecule has 1 atom stereocenters. The predicted molar refractivity (Wildman–Crippen MR) is 81.6 cm³/mol. The highest BCUT2D eigenvalue weighted by molar-refractivity contribution is 5.95. The minimum Gasteiger partial charge on any atom is -0.380 e. The third-order valence-corrected chi connectivity index (χ3v) is 2.99. The fraction of sp³-hybridized carbons (Fsp3) is 0.467. The topological polar surface area (TPSA) is 93.5 Å². The van der Waals surface area contributed by atoms with E-state index in [0.717, 1.165) is 5.56 Å². The van der Waals surface area contributed by atoms with Gasteiger partial charge in [-0.2, -0.15) is 0 Å². The van der Waals surface area contributed by atoms with Crippen molar-refractivity contribution in [2.75, 3.05) is 19.0 Å². The summed E-state index contributed by atoms with van der Waals surface area (Å²) in [6.45, 7) is 4.13. The summed E-state index contributed by atoms with van der Waals surface area (Å²) < 4.78 is 5.01. The molecule has 1 aromatic carbocycles. The molecule has 1 aromatic rings. The Hall–Kier alpha value is -1.92. The minimum atomic E-state index is -0.605. The number of benzene rings is 1. The van der Waals surface area contributed by atoms with Crippen molar-refractivity contribution in [2.24, 2.45) is 11.7 Å². The molecule has 4 N–H and O–H groups in total. The second-order valence-corrected chi connectivity index (χ2v) is 5.17. The SMILES string of the molecule is COCc1ccc(NC(=O)CNC(=O)[C@@H](N)C(C)C)cc1. The Bertz CT molecular complexity index is 472. The van der Waals surface area contributed by atoms with Crippen LogP contribution >= 0.6 is 0 Å². The highest BCUT2D eigenvalue weighted by Crippen LogP contribution is 2.09. The first-order chi connectivity index (χ1) is 9.93. The summed E-state index contributed by atoms with van der Waals surface area (Å²) in [6, 6.07) is 6.70. The van der Waals surface area contributed by atoms with E-state index >= 15 is 0 Å². The highest BCUT2D eigenvalue weighted by atomic mass is 16.5. The number of nitrogens with two attached hydrogens (primary N) is 1. The van der Waals surface area contributed by atoms with E-state index in [1.54, 1.807) is 19.2 Å². The van der Waals surface area contributed by atoms with Crippen LogP contribution in [0, 0.1) is 5.92 Å². The third-order valence-electron chi connectivity index (χ3n) is 2.99. The van der Waals surface area contributed by atoms with Crippen molar-refractivity contribution < 1.29 is 14.3 Å². The summed E-state index contributed by atoms with van der Waals surface area (Å²) in [4.78, 5) is 23.4. The zero-order valence-corrected chi connectivity index (χ0v) is 12.7. The van der Waals surface area contributed by atoms with Crippen molar-refractivity contribution in [2.45, 2.75) is 26.5 Å². The van der Waals surface area contributed by atoms with E-state index in [0.29, 0.717) is 12.3 Å². The van der Waals surface area contributed by atoms with Crippen LogP contribution in [0.15, 0.2) is 24.3 Å². The van der Waals surface area contributed by atoms with E-state index in [1.807, 2.05) is 26.0 Å². The Kier molecular flexibility index (Phi) is 6.84. The van der Waals surface area contributed by atoms with E-state index in [-0.39, 0.29) is 24.3 Å². The lowest BCUT2D eigenvalue weighted by atomic mass is 10.1. The monoisotopic (exact) mass is 293 g/mol. The second-order valence-electron chi connectivity index (χ2n) is 5.17. The molecule has 0 fully saturated rings. The predicted octanol–water partition coefficient (Wildman–Crippen LogP) is 0.871. The number of hydrogen-bond acceptors (Lipinski definition) is 4. The minimum absolute atomic E-state index is 0.0291. The molecule has 1 rings (SSSR count). The third kappa shape index (κ3) is 5.93. The van der Waals surface area contributed by atoms with Crippen molar-refractivity contribution in [3.63, 3.8) is 0 Å². The van der Waals surface area contributed by atoms with Crippen molar-refractivity contribution in [3.05, 3.63) is 29.8 Å². The van der Waals surface area contributed by atoms with E-state index in [9.17, 15) is 9.59 Å². The summed E-state index contributed by atoms with van der Waals surface area (Å²) in [6.07, 6.45) is 0. The molecular formula is C15H23N3O3. The molecule has 0 unspecified atom stereocenters. The number of hydrogen-bond donors (Lipinski definition) is 3. The maximum Gasteiger partial charge on any atom is 0.243 e.